The van der Waals surface area contributed by atoms with Crippen molar-refractivity contribution >= 4 is 11.8 Å². The van der Waals surface area contributed by atoms with Gasteiger partial charge < -0.3 is 15.0 Å². The lowest BCUT2D eigenvalue weighted by molar-refractivity contribution is -0.143. The molecule has 1 fully saturated rings. The van der Waals surface area contributed by atoms with Crippen LogP contribution in [0.3, 0.4) is 0 Å². The van der Waals surface area contributed by atoms with Crippen LogP contribution in [0.5, 0.6) is 5.75 Å². The molecule has 2 atom stereocenters. The van der Waals surface area contributed by atoms with Crippen LogP contribution in [0.2, 0.25) is 0 Å². The molecule has 1 aliphatic heterocycles. The third-order valence-corrected chi connectivity index (χ3v) is 5.44. The average Bonchev–Trinajstić information content (AvgIpc) is 2.73. The molecule has 154 valence electrons. The van der Waals surface area contributed by atoms with Crippen LogP contribution in [0.1, 0.15) is 36.9 Å². The van der Waals surface area contributed by atoms with E-state index in [2.05, 4.69) is 5.32 Å². The summed E-state index contributed by atoms with van der Waals surface area (Å²) in [6, 6.07) is 13.6. The van der Waals surface area contributed by atoms with E-state index in [0.717, 1.165) is 16.9 Å². The van der Waals surface area contributed by atoms with Crippen LogP contribution in [0.25, 0.3) is 0 Å². The number of halogens is 1. The Labute approximate surface area is 170 Å². The van der Waals surface area contributed by atoms with Crippen LogP contribution in [0.15, 0.2) is 48.5 Å². The summed E-state index contributed by atoms with van der Waals surface area (Å²) in [6.07, 6.45) is 1.43. The van der Waals surface area contributed by atoms with E-state index in [1.165, 1.54) is 12.1 Å². The van der Waals surface area contributed by atoms with Crippen molar-refractivity contribution in [3.8, 4) is 5.75 Å². The second-order valence-corrected chi connectivity index (χ2v) is 7.21. The van der Waals surface area contributed by atoms with E-state index in [1.807, 2.05) is 37.3 Å². The van der Waals surface area contributed by atoms with Crippen molar-refractivity contribution in [2.45, 2.75) is 32.2 Å². The monoisotopic (exact) mass is 398 g/mol. The normalized spacial score (nSPS) is 19.1. The fourth-order valence-electron chi connectivity index (χ4n) is 3.97. The number of methoxy groups -OCH3 is 1. The molecule has 0 aromatic heterocycles. The van der Waals surface area contributed by atoms with E-state index in [1.54, 1.807) is 18.1 Å². The molecule has 3 rings (SSSR count). The zero-order chi connectivity index (χ0) is 20.8. The number of benzene rings is 2. The van der Waals surface area contributed by atoms with Gasteiger partial charge in [0, 0.05) is 19.5 Å². The lowest BCUT2D eigenvalue weighted by atomic mass is 9.83. The zero-order valence-corrected chi connectivity index (χ0v) is 16.9. The summed E-state index contributed by atoms with van der Waals surface area (Å²) < 4.78 is 18.5. The molecule has 1 saturated heterocycles. The first-order valence-corrected chi connectivity index (χ1v) is 9.99. The summed E-state index contributed by atoms with van der Waals surface area (Å²) in [4.78, 5) is 27.2. The lowest BCUT2D eigenvalue weighted by Crippen LogP contribution is -2.48. The van der Waals surface area contributed by atoms with Crippen molar-refractivity contribution in [2.24, 2.45) is 5.92 Å². The topological polar surface area (TPSA) is 58.6 Å². The molecule has 29 heavy (non-hydrogen) atoms. The van der Waals surface area contributed by atoms with Crippen molar-refractivity contribution in [1.29, 1.82) is 0 Å². The van der Waals surface area contributed by atoms with Gasteiger partial charge in [0.25, 0.3) is 0 Å². The third-order valence-electron chi connectivity index (χ3n) is 5.44. The molecule has 2 amide bonds. The lowest BCUT2D eigenvalue weighted by Gasteiger charge is -2.40. The van der Waals surface area contributed by atoms with Crippen molar-refractivity contribution in [3.63, 3.8) is 0 Å². The molecule has 0 spiro atoms. The van der Waals surface area contributed by atoms with Gasteiger partial charge in [-0.1, -0.05) is 24.3 Å². The fraction of sp³-hybridized carbons (Fsp3) is 0.391. The fourth-order valence-corrected chi connectivity index (χ4v) is 3.97. The molecule has 6 heteroatoms. The number of hydrogen-bond acceptors (Lipinski definition) is 3. The highest BCUT2D eigenvalue weighted by molar-refractivity contribution is 5.85. The summed E-state index contributed by atoms with van der Waals surface area (Å²) in [6.45, 7) is 2.90. The van der Waals surface area contributed by atoms with Crippen molar-refractivity contribution in [3.05, 3.63) is 65.5 Å². The van der Waals surface area contributed by atoms with Gasteiger partial charge in [-0.25, -0.2) is 4.39 Å². The van der Waals surface area contributed by atoms with Gasteiger partial charge in [0.1, 0.15) is 11.6 Å². The van der Waals surface area contributed by atoms with Gasteiger partial charge in [0.15, 0.2) is 0 Å². The molecule has 0 aliphatic carbocycles. The quantitative estimate of drug-likeness (QED) is 0.777. The maximum atomic E-state index is 13.3. The van der Waals surface area contributed by atoms with Crippen LogP contribution in [-0.4, -0.2) is 36.9 Å². The number of nitrogens with one attached hydrogen (secondary N) is 1. The number of rotatable bonds is 7. The maximum Gasteiger partial charge on any atom is 0.225 e. The Morgan fingerprint density at radius 3 is 2.66 bits per heavy atom. The first kappa shape index (κ1) is 20.8. The number of carbonyl (C=O) groups is 2. The molecule has 0 saturated carbocycles. The van der Waals surface area contributed by atoms with Crippen LogP contribution in [0.4, 0.5) is 4.39 Å². The highest BCUT2D eigenvalue weighted by Gasteiger charge is 2.39. The van der Waals surface area contributed by atoms with Crippen LogP contribution < -0.4 is 10.1 Å². The SMILES string of the molecule is CCN1C(=O)CC[C@@H](C(=O)NCCc2cccc(F)c2)[C@@H]1c1ccc(OC)cc1. The first-order valence-electron chi connectivity index (χ1n) is 9.99. The van der Waals surface area contributed by atoms with Crippen molar-refractivity contribution in [2.75, 3.05) is 20.2 Å². The van der Waals surface area contributed by atoms with E-state index in [-0.39, 0.29) is 29.6 Å². The molecule has 0 bridgehead atoms. The largest absolute Gasteiger partial charge is 0.497 e. The number of likely N-dealkylation sites (tertiary alicyclic amines) is 1. The predicted octanol–water partition coefficient (Wildman–Crippen LogP) is 3.49. The Morgan fingerprint density at radius 1 is 1.24 bits per heavy atom. The third kappa shape index (κ3) is 4.94. The number of nitrogens with zero attached hydrogens (tertiary/aromatic N) is 1. The zero-order valence-electron chi connectivity index (χ0n) is 16.9. The average molecular weight is 398 g/mol. The molecule has 1 heterocycles. The summed E-state index contributed by atoms with van der Waals surface area (Å²) >= 11 is 0. The summed E-state index contributed by atoms with van der Waals surface area (Å²) in [5, 5.41) is 2.98. The molecule has 0 radical (unpaired) electrons. The Hall–Kier alpha value is -2.89. The number of piperidine rings is 1. The van der Waals surface area contributed by atoms with E-state index in [9.17, 15) is 14.0 Å². The highest BCUT2D eigenvalue weighted by Crippen LogP contribution is 2.37. The predicted molar refractivity (Wildman–Crippen MR) is 109 cm³/mol. The van der Waals surface area contributed by atoms with E-state index in [4.69, 9.17) is 4.74 Å². The summed E-state index contributed by atoms with van der Waals surface area (Å²) in [5.41, 5.74) is 1.76. The van der Waals surface area contributed by atoms with Gasteiger partial charge in [-0.15, -0.1) is 0 Å². The molecular weight excluding hydrogens is 371 g/mol. The van der Waals surface area contributed by atoms with Gasteiger partial charge >= 0.3 is 0 Å². The number of ether oxygens (including phenoxy) is 1. The van der Waals surface area contributed by atoms with Gasteiger partial charge in [-0.2, -0.15) is 0 Å². The Morgan fingerprint density at radius 2 is 2.00 bits per heavy atom. The van der Waals surface area contributed by atoms with Gasteiger partial charge in [-0.3, -0.25) is 9.59 Å². The summed E-state index contributed by atoms with van der Waals surface area (Å²) in [5.74, 6) is 0.117. The smallest absolute Gasteiger partial charge is 0.225 e. The number of carbonyl (C=O) groups excluding carboxylic acids is 2. The van der Waals surface area contributed by atoms with Gasteiger partial charge in [-0.05, 0) is 55.2 Å². The van der Waals surface area contributed by atoms with E-state index >= 15 is 0 Å². The molecule has 0 unspecified atom stereocenters. The number of hydrogen-bond donors (Lipinski definition) is 1. The minimum absolute atomic E-state index is 0.0668. The minimum Gasteiger partial charge on any atom is -0.497 e. The van der Waals surface area contributed by atoms with E-state index in [0.29, 0.717) is 32.4 Å². The standard InChI is InChI=1S/C23H27FN2O3/c1-3-26-21(27)12-11-20(22(26)17-7-9-19(29-2)10-8-17)23(28)25-14-13-16-5-4-6-18(24)15-16/h4-10,15,20,22H,3,11-14H2,1-2H3,(H,25,28)/t20-,22+/m1/s1. The number of amides is 2. The van der Waals surface area contributed by atoms with Gasteiger partial charge in [0.2, 0.25) is 11.8 Å². The first-order chi connectivity index (χ1) is 14.0. The van der Waals surface area contributed by atoms with Crippen LogP contribution in [0, 0.1) is 11.7 Å². The molecule has 1 N–H and O–H groups in total. The maximum absolute atomic E-state index is 13.3. The van der Waals surface area contributed by atoms with Crippen molar-refractivity contribution in [1.82, 2.24) is 10.2 Å². The van der Waals surface area contributed by atoms with Crippen molar-refractivity contribution < 1.29 is 18.7 Å². The molecule has 2 aromatic carbocycles. The minimum atomic E-state index is -0.325. The van der Waals surface area contributed by atoms with E-state index < -0.39 is 0 Å². The Kier molecular flexibility index (Phi) is 6.86. The molecule has 2 aromatic rings. The molecule has 5 nitrogen and oxygen atoms in total. The highest BCUT2D eigenvalue weighted by atomic mass is 19.1. The van der Waals surface area contributed by atoms with Crippen LogP contribution in [-0.2, 0) is 16.0 Å². The Balaban J connectivity index is 1.73. The van der Waals surface area contributed by atoms with Gasteiger partial charge in [0.05, 0.1) is 19.1 Å². The second-order valence-electron chi connectivity index (χ2n) is 7.21. The molecule has 1 aliphatic rings. The second kappa shape index (κ2) is 9.54. The Bertz CT molecular complexity index is 853. The molecular formula is C23H27FN2O3. The van der Waals surface area contributed by atoms with Crippen LogP contribution >= 0.6 is 0 Å². The summed E-state index contributed by atoms with van der Waals surface area (Å²) in [7, 11) is 1.60.